The fourth-order valence-electron chi connectivity index (χ4n) is 1.11. The molecular weight excluding hydrogens is 236 g/mol. The summed E-state index contributed by atoms with van der Waals surface area (Å²) >= 11 is 0. The molecule has 0 aromatic heterocycles. The number of alkyl halides is 2. The lowest BCUT2D eigenvalue weighted by molar-refractivity contribution is 0.115. The number of nitrogens with two attached hydrogens (primary N) is 1. The zero-order chi connectivity index (χ0) is 12.5. The molecule has 1 aromatic rings. The van der Waals surface area contributed by atoms with Crippen LogP contribution in [0, 0.1) is 23.3 Å². The molecule has 0 amide bonds. The van der Waals surface area contributed by atoms with Gasteiger partial charge in [0.15, 0.2) is 23.3 Å². The van der Waals surface area contributed by atoms with Gasteiger partial charge in [-0.15, -0.1) is 0 Å². The molecule has 1 aromatic carbocycles. The highest BCUT2D eigenvalue weighted by Gasteiger charge is 2.23. The summed E-state index contributed by atoms with van der Waals surface area (Å²) in [4.78, 5) is 0. The minimum Gasteiger partial charge on any atom is -0.323 e. The molecular formula is C9H7F6N. The number of hydrogen-bond donors (Lipinski definition) is 1. The van der Waals surface area contributed by atoms with E-state index in [1.165, 1.54) is 0 Å². The van der Waals surface area contributed by atoms with Crippen molar-refractivity contribution < 1.29 is 26.3 Å². The molecule has 7 heteroatoms. The molecule has 0 bridgehead atoms. The van der Waals surface area contributed by atoms with Crippen molar-refractivity contribution in [2.75, 3.05) is 0 Å². The van der Waals surface area contributed by atoms with Gasteiger partial charge in [0.25, 0.3) is 6.43 Å². The Hall–Kier alpha value is -1.24. The number of halogens is 6. The monoisotopic (exact) mass is 243 g/mol. The topological polar surface area (TPSA) is 26.0 Å². The second kappa shape index (κ2) is 4.73. The van der Waals surface area contributed by atoms with Crippen molar-refractivity contribution in [3.63, 3.8) is 0 Å². The van der Waals surface area contributed by atoms with Crippen LogP contribution in [0.1, 0.15) is 5.56 Å². The van der Waals surface area contributed by atoms with Crippen LogP contribution in [0.4, 0.5) is 26.3 Å². The molecule has 1 nitrogen and oxygen atoms in total. The van der Waals surface area contributed by atoms with Crippen LogP contribution < -0.4 is 5.73 Å². The van der Waals surface area contributed by atoms with Gasteiger partial charge in [0, 0.05) is 0 Å². The van der Waals surface area contributed by atoms with Crippen LogP contribution >= 0.6 is 0 Å². The van der Waals surface area contributed by atoms with Crippen molar-refractivity contribution in [2.45, 2.75) is 18.9 Å². The average molecular weight is 243 g/mol. The Balaban J connectivity index is 3.06. The highest BCUT2D eigenvalue weighted by atomic mass is 19.3. The summed E-state index contributed by atoms with van der Waals surface area (Å²) < 4.78 is 74.9. The molecule has 1 rings (SSSR count). The number of hydrogen-bond acceptors (Lipinski definition) is 1. The third-order valence-electron chi connectivity index (χ3n) is 1.96. The molecule has 0 radical (unpaired) electrons. The minimum atomic E-state index is -2.96. The molecule has 1 atom stereocenters. The molecule has 1 unspecified atom stereocenters. The minimum absolute atomic E-state index is 0.315. The van der Waals surface area contributed by atoms with Crippen LogP contribution in [0.5, 0.6) is 0 Å². The molecule has 90 valence electrons. The molecule has 0 aliphatic heterocycles. The molecule has 16 heavy (non-hydrogen) atoms. The molecule has 2 N–H and O–H groups in total. The van der Waals surface area contributed by atoms with E-state index in [4.69, 9.17) is 5.73 Å². The Kier molecular flexibility index (Phi) is 3.79. The highest BCUT2D eigenvalue weighted by Crippen LogP contribution is 2.20. The lowest BCUT2D eigenvalue weighted by atomic mass is 10.1. The van der Waals surface area contributed by atoms with E-state index in [2.05, 4.69) is 0 Å². The van der Waals surface area contributed by atoms with E-state index in [1.807, 2.05) is 0 Å². The van der Waals surface area contributed by atoms with E-state index in [0.29, 0.717) is 6.07 Å². The third kappa shape index (κ3) is 2.46. The predicted octanol–water partition coefficient (Wildman–Crippen LogP) is 2.38. The molecule has 0 saturated heterocycles. The average Bonchev–Trinajstić information content (AvgIpc) is 2.22. The Morgan fingerprint density at radius 2 is 1.56 bits per heavy atom. The summed E-state index contributed by atoms with van der Waals surface area (Å²) in [5.74, 6) is -7.35. The van der Waals surface area contributed by atoms with Crippen LogP contribution in [0.3, 0.4) is 0 Å². The maximum atomic E-state index is 13.0. The lowest BCUT2D eigenvalue weighted by Crippen LogP contribution is -2.31. The smallest absolute Gasteiger partial charge is 0.253 e. The molecule has 0 heterocycles. The summed E-state index contributed by atoms with van der Waals surface area (Å²) in [6.07, 6.45) is -3.74. The van der Waals surface area contributed by atoms with Crippen molar-refractivity contribution >= 4 is 0 Å². The first-order valence-electron chi connectivity index (χ1n) is 4.20. The Morgan fingerprint density at radius 1 is 1.00 bits per heavy atom. The van der Waals surface area contributed by atoms with Gasteiger partial charge in [0.1, 0.15) is 0 Å². The van der Waals surface area contributed by atoms with E-state index in [0.717, 1.165) is 0 Å². The summed E-state index contributed by atoms with van der Waals surface area (Å²) in [7, 11) is 0. The first-order valence-corrected chi connectivity index (χ1v) is 4.20. The van der Waals surface area contributed by atoms with Gasteiger partial charge < -0.3 is 5.73 Å². The lowest BCUT2D eigenvalue weighted by Gasteiger charge is -2.11. The summed E-state index contributed by atoms with van der Waals surface area (Å²) in [6, 6.07) is -1.45. The van der Waals surface area contributed by atoms with Gasteiger partial charge in [-0.25, -0.2) is 26.3 Å². The van der Waals surface area contributed by atoms with Crippen molar-refractivity contribution in [3.8, 4) is 0 Å². The van der Waals surface area contributed by atoms with Crippen LogP contribution in [0.2, 0.25) is 0 Å². The second-order valence-corrected chi connectivity index (χ2v) is 3.16. The van der Waals surface area contributed by atoms with Gasteiger partial charge in [0.05, 0.1) is 6.04 Å². The van der Waals surface area contributed by atoms with Crippen molar-refractivity contribution in [1.29, 1.82) is 0 Å². The summed E-state index contributed by atoms with van der Waals surface area (Å²) in [5, 5.41) is 0. The second-order valence-electron chi connectivity index (χ2n) is 3.16. The van der Waals surface area contributed by atoms with Crippen molar-refractivity contribution in [3.05, 3.63) is 34.9 Å². The molecule has 0 saturated carbocycles. The van der Waals surface area contributed by atoms with Gasteiger partial charge >= 0.3 is 0 Å². The first-order chi connectivity index (χ1) is 7.34. The zero-order valence-electron chi connectivity index (χ0n) is 7.78. The van der Waals surface area contributed by atoms with E-state index in [1.54, 1.807) is 0 Å². The number of benzene rings is 1. The largest absolute Gasteiger partial charge is 0.323 e. The number of rotatable bonds is 3. The zero-order valence-corrected chi connectivity index (χ0v) is 7.78. The third-order valence-corrected chi connectivity index (χ3v) is 1.96. The molecule has 0 spiro atoms. The normalized spacial score (nSPS) is 13.2. The molecule has 0 aliphatic carbocycles. The summed E-state index contributed by atoms with van der Waals surface area (Å²) in [6.45, 7) is 0. The maximum absolute atomic E-state index is 13.0. The van der Waals surface area contributed by atoms with E-state index >= 15 is 0 Å². The highest BCUT2D eigenvalue weighted by molar-refractivity contribution is 5.22. The fourth-order valence-corrected chi connectivity index (χ4v) is 1.11. The SMILES string of the molecule is NC(Cc1cc(F)c(F)c(F)c1F)C(F)F. The van der Waals surface area contributed by atoms with Crippen LogP contribution in [0.25, 0.3) is 0 Å². The summed E-state index contributed by atoms with van der Waals surface area (Å²) in [5.41, 5.74) is 4.18. The van der Waals surface area contributed by atoms with Gasteiger partial charge in [-0.2, -0.15) is 0 Å². The van der Waals surface area contributed by atoms with Crippen LogP contribution in [-0.2, 0) is 6.42 Å². The van der Waals surface area contributed by atoms with Gasteiger partial charge in [-0.05, 0) is 18.1 Å². The van der Waals surface area contributed by atoms with E-state index < -0.39 is 47.7 Å². The van der Waals surface area contributed by atoms with Crippen LogP contribution in [0.15, 0.2) is 6.07 Å². The molecule has 0 aliphatic rings. The fraction of sp³-hybridized carbons (Fsp3) is 0.333. The standard InChI is InChI=1S/C9H7F6N/c10-4-1-3(2-5(16)9(14)15)6(11)8(13)7(4)12/h1,5,9H,2,16H2. The molecule has 0 fully saturated rings. The maximum Gasteiger partial charge on any atom is 0.253 e. The van der Waals surface area contributed by atoms with E-state index in [-0.39, 0.29) is 0 Å². The Morgan fingerprint density at radius 3 is 2.06 bits per heavy atom. The Bertz CT molecular complexity index is 392. The van der Waals surface area contributed by atoms with Gasteiger partial charge in [-0.1, -0.05) is 0 Å². The van der Waals surface area contributed by atoms with Crippen molar-refractivity contribution in [2.24, 2.45) is 5.73 Å². The first kappa shape index (κ1) is 12.8. The quantitative estimate of drug-likeness (QED) is 0.492. The van der Waals surface area contributed by atoms with Gasteiger partial charge in [0.2, 0.25) is 0 Å². The Labute approximate surface area is 86.9 Å². The predicted molar refractivity (Wildman–Crippen MR) is 44.0 cm³/mol. The van der Waals surface area contributed by atoms with E-state index in [9.17, 15) is 26.3 Å². The van der Waals surface area contributed by atoms with Crippen LogP contribution in [-0.4, -0.2) is 12.5 Å². The van der Waals surface area contributed by atoms with Gasteiger partial charge in [-0.3, -0.25) is 0 Å². The van der Waals surface area contributed by atoms with Crippen molar-refractivity contribution in [1.82, 2.24) is 0 Å².